The van der Waals surface area contributed by atoms with Gasteiger partial charge in [0.2, 0.25) is 0 Å². The van der Waals surface area contributed by atoms with Gasteiger partial charge in [0, 0.05) is 16.5 Å². The molecule has 1 aliphatic heterocycles. The van der Waals surface area contributed by atoms with Gasteiger partial charge < -0.3 is 24.8 Å². The zero-order chi connectivity index (χ0) is 13.8. The normalized spacial score (nSPS) is 21.4. The first-order chi connectivity index (χ1) is 9.08. The molecule has 19 heavy (non-hydrogen) atoms. The Labute approximate surface area is 119 Å². The van der Waals surface area contributed by atoms with Crippen LogP contribution in [-0.2, 0) is 4.74 Å². The topological polar surface area (TPSA) is 79.2 Å². The number of aliphatic hydroxyl groups excluding tert-OH is 2. The van der Waals surface area contributed by atoms with Crippen molar-refractivity contribution in [3.05, 3.63) is 28.2 Å². The second kappa shape index (κ2) is 6.67. The molecule has 1 fully saturated rings. The highest BCUT2D eigenvalue weighted by atomic mass is 79.9. The Morgan fingerprint density at radius 2 is 2.05 bits per heavy atom. The van der Waals surface area contributed by atoms with Crippen LogP contribution in [0, 0.1) is 0 Å². The summed E-state index contributed by atoms with van der Waals surface area (Å²) in [7, 11) is 0. The van der Waals surface area contributed by atoms with E-state index in [1.54, 1.807) is 18.2 Å². The number of aliphatic hydroxyl groups is 3. The molecule has 1 aromatic carbocycles. The van der Waals surface area contributed by atoms with Gasteiger partial charge in [0.1, 0.15) is 11.9 Å². The fourth-order valence-corrected chi connectivity index (χ4v) is 2.42. The average molecular weight is 333 g/mol. The van der Waals surface area contributed by atoms with Gasteiger partial charge in [-0.2, -0.15) is 0 Å². The average Bonchev–Trinajstić information content (AvgIpc) is 2.41. The smallest absolute Gasteiger partial charge is 0.199 e. The molecule has 0 amide bonds. The molecule has 0 saturated carbocycles. The lowest BCUT2D eigenvalue weighted by Gasteiger charge is -2.24. The first-order valence-corrected chi connectivity index (χ1v) is 6.99. The van der Waals surface area contributed by atoms with E-state index in [1.807, 2.05) is 0 Å². The zero-order valence-corrected chi connectivity index (χ0v) is 11.9. The van der Waals surface area contributed by atoms with Gasteiger partial charge in [-0.1, -0.05) is 15.9 Å². The molecule has 2 rings (SSSR count). The summed E-state index contributed by atoms with van der Waals surface area (Å²) < 4.78 is 11.7. The molecule has 1 aromatic rings. The third kappa shape index (κ3) is 3.90. The minimum atomic E-state index is -1.84. The Balaban J connectivity index is 2.11. The molecular formula is C13H17BrO5. The molecule has 0 aromatic heterocycles. The van der Waals surface area contributed by atoms with E-state index >= 15 is 0 Å². The van der Waals surface area contributed by atoms with Crippen LogP contribution in [0.3, 0.4) is 0 Å². The van der Waals surface area contributed by atoms with Crippen LogP contribution < -0.4 is 4.74 Å². The van der Waals surface area contributed by atoms with Crippen molar-refractivity contribution in [1.82, 2.24) is 0 Å². The van der Waals surface area contributed by atoms with E-state index in [-0.39, 0.29) is 6.29 Å². The van der Waals surface area contributed by atoms with Gasteiger partial charge in [0.05, 0.1) is 6.61 Å². The van der Waals surface area contributed by atoms with E-state index in [1.165, 1.54) is 0 Å². The molecule has 0 spiro atoms. The Morgan fingerprint density at radius 1 is 1.26 bits per heavy atom. The summed E-state index contributed by atoms with van der Waals surface area (Å²) in [5.41, 5.74) is 0.364. The maximum Gasteiger partial charge on any atom is 0.199 e. The van der Waals surface area contributed by atoms with Gasteiger partial charge >= 0.3 is 0 Å². The van der Waals surface area contributed by atoms with Crippen molar-refractivity contribution in [2.75, 3.05) is 6.61 Å². The summed E-state index contributed by atoms with van der Waals surface area (Å²) in [6.07, 6.45) is -0.564. The number of halogens is 1. The number of rotatable bonds is 4. The predicted molar refractivity (Wildman–Crippen MR) is 71.5 cm³/mol. The first-order valence-electron chi connectivity index (χ1n) is 6.20. The predicted octanol–water partition coefficient (Wildman–Crippen LogP) is 1.70. The maximum atomic E-state index is 9.69. The molecule has 0 bridgehead atoms. The van der Waals surface area contributed by atoms with Gasteiger partial charge in [-0.15, -0.1) is 0 Å². The monoisotopic (exact) mass is 332 g/mol. The largest absolute Gasteiger partial charge is 0.465 e. The summed E-state index contributed by atoms with van der Waals surface area (Å²) in [6, 6.07) is 5.01. The number of hydrogen-bond acceptors (Lipinski definition) is 5. The van der Waals surface area contributed by atoms with Crippen molar-refractivity contribution in [2.45, 2.75) is 37.9 Å². The lowest BCUT2D eigenvalue weighted by molar-refractivity contribution is -0.124. The Kier molecular flexibility index (Phi) is 5.18. The summed E-state index contributed by atoms with van der Waals surface area (Å²) in [5, 5.41) is 27.8. The number of hydrogen-bond donors (Lipinski definition) is 3. The Hall–Kier alpha value is -0.660. The van der Waals surface area contributed by atoms with Gasteiger partial charge in [-0.3, -0.25) is 0 Å². The third-order valence-electron chi connectivity index (χ3n) is 2.97. The van der Waals surface area contributed by atoms with E-state index in [0.29, 0.717) is 22.4 Å². The van der Waals surface area contributed by atoms with Crippen molar-refractivity contribution in [3.63, 3.8) is 0 Å². The molecule has 0 radical (unpaired) electrons. The zero-order valence-electron chi connectivity index (χ0n) is 10.3. The molecular weight excluding hydrogens is 316 g/mol. The fraction of sp³-hybridized carbons (Fsp3) is 0.538. The van der Waals surface area contributed by atoms with Gasteiger partial charge in [0.25, 0.3) is 0 Å². The molecule has 5 nitrogen and oxygen atoms in total. The van der Waals surface area contributed by atoms with Crippen LogP contribution in [0.15, 0.2) is 22.7 Å². The summed E-state index contributed by atoms with van der Waals surface area (Å²) in [5.74, 6) is 0.532. The summed E-state index contributed by atoms with van der Waals surface area (Å²) >= 11 is 3.26. The second-order valence-corrected chi connectivity index (χ2v) is 5.31. The summed E-state index contributed by atoms with van der Waals surface area (Å²) in [4.78, 5) is 0. The lowest BCUT2D eigenvalue weighted by Crippen LogP contribution is -2.25. The minimum Gasteiger partial charge on any atom is -0.465 e. The van der Waals surface area contributed by atoms with E-state index in [9.17, 15) is 5.11 Å². The van der Waals surface area contributed by atoms with Gasteiger partial charge in [0.15, 0.2) is 12.6 Å². The Bertz CT molecular complexity index is 417. The number of ether oxygens (including phenoxy) is 2. The van der Waals surface area contributed by atoms with E-state index in [2.05, 4.69) is 15.9 Å². The van der Waals surface area contributed by atoms with Crippen molar-refractivity contribution in [2.24, 2.45) is 0 Å². The van der Waals surface area contributed by atoms with Crippen LogP contribution in [0.5, 0.6) is 5.75 Å². The fourth-order valence-electron chi connectivity index (χ4n) is 1.94. The van der Waals surface area contributed by atoms with Gasteiger partial charge in [-0.25, -0.2) is 0 Å². The van der Waals surface area contributed by atoms with E-state index in [4.69, 9.17) is 19.7 Å². The van der Waals surface area contributed by atoms with Crippen molar-refractivity contribution < 1.29 is 24.8 Å². The maximum absolute atomic E-state index is 9.69. The first kappa shape index (κ1) is 14.7. The molecule has 1 aliphatic rings. The third-order valence-corrected chi connectivity index (χ3v) is 3.70. The second-order valence-electron chi connectivity index (χ2n) is 4.46. The van der Waals surface area contributed by atoms with Crippen LogP contribution in [-0.4, -0.2) is 34.5 Å². The van der Waals surface area contributed by atoms with E-state index < -0.39 is 12.4 Å². The molecule has 1 heterocycles. The van der Waals surface area contributed by atoms with Crippen LogP contribution >= 0.6 is 15.9 Å². The highest BCUT2D eigenvalue weighted by Crippen LogP contribution is 2.30. The van der Waals surface area contributed by atoms with Crippen molar-refractivity contribution in [1.29, 1.82) is 0 Å². The van der Waals surface area contributed by atoms with E-state index in [0.717, 1.165) is 19.3 Å². The highest BCUT2D eigenvalue weighted by Gasteiger charge is 2.20. The molecule has 3 N–H and O–H groups in total. The SMILES string of the molecule is OC(O)C(O)c1cc(OC2CCCCO2)ccc1Br. The molecule has 2 unspecified atom stereocenters. The van der Waals surface area contributed by atoms with Crippen LogP contribution in [0.2, 0.25) is 0 Å². The molecule has 1 saturated heterocycles. The van der Waals surface area contributed by atoms with Gasteiger partial charge in [-0.05, 0) is 31.0 Å². The minimum absolute atomic E-state index is 0.279. The van der Waals surface area contributed by atoms with Crippen LogP contribution in [0.1, 0.15) is 30.9 Å². The molecule has 6 heteroatoms. The highest BCUT2D eigenvalue weighted by molar-refractivity contribution is 9.10. The lowest BCUT2D eigenvalue weighted by atomic mass is 10.1. The van der Waals surface area contributed by atoms with Crippen molar-refractivity contribution >= 4 is 15.9 Å². The Morgan fingerprint density at radius 3 is 2.68 bits per heavy atom. The van der Waals surface area contributed by atoms with Crippen LogP contribution in [0.4, 0.5) is 0 Å². The van der Waals surface area contributed by atoms with Crippen LogP contribution in [0.25, 0.3) is 0 Å². The molecule has 106 valence electrons. The molecule has 2 atom stereocenters. The summed E-state index contributed by atoms with van der Waals surface area (Å²) in [6.45, 7) is 0.687. The molecule has 0 aliphatic carbocycles. The van der Waals surface area contributed by atoms with Crippen molar-refractivity contribution in [3.8, 4) is 5.75 Å². The quantitative estimate of drug-likeness (QED) is 0.731. The standard InChI is InChI=1S/C13H17BrO5/c14-10-5-4-8(7-9(10)12(15)13(16)17)19-11-3-1-2-6-18-11/h4-5,7,11-13,15-17H,1-3,6H2. The number of benzene rings is 1.